The van der Waals surface area contributed by atoms with E-state index in [4.69, 9.17) is 14.7 Å². The van der Waals surface area contributed by atoms with E-state index in [1.54, 1.807) is 11.3 Å². The first kappa shape index (κ1) is 19.2. The number of thiophene rings is 1. The van der Waals surface area contributed by atoms with Gasteiger partial charge in [-0.25, -0.2) is 9.97 Å². The maximum absolute atomic E-state index is 5.57. The van der Waals surface area contributed by atoms with E-state index in [2.05, 4.69) is 49.7 Å². The molecule has 0 aliphatic carbocycles. The molecule has 2 N–H and O–H groups in total. The van der Waals surface area contributed by atoms with Crippen molar-refractivity contribution in [2.75, 3.05) is 57.4 Å². The lowest BCUT2D eigenvalue weighted by Gasteiger charge is -2.28. The minimum atomic E-state index is 0.724. The third-order valence-electron chi connectivity index (χ3n) is 6.22. The first-order valence-corrected chi connectivity index (χ1v) is 11.9. The first-order valence-electron chi connectivity index (χ1n) is 11.0. The number of fused-ring (bicyclic) bond motifs is 2. The average molecular weight is 435 g/mol. The van der Waals surface area contributed by atoms with Gasteiger partial charge in [-0.3, -0.25) is 4.90 Å². The van der Waals surface area contributed by atoms with E-state index in [1.807, 2.05) is 6.20 Å². The van der Waals surface area contributed by atoms with Gasteiger partial charge in [-0.05, 0) is 17.5 Å². The van der Waals surface area contributed by atoms with Gasteiger partial charge in [-0.2, -0.15) is 0 Å². The molecular weight excluding hydrogens is 408 g/mol. The van der Waals surface area contributed by atoms with Crippen LogP contribution in [0.2, 0.25) is 0 Å². The van der Waals surface area contributed by atoms with Gasteiger partial charge < -0.3 is 19.9 Å². The Morgan fingerprint density at radius 3 is 2.77 bits per heavy atom. The van der Waals surface area contributed by atoms with E-state index in [0.29, 0.717) is 0 Å². The lowest BCUT2D eigenvalue weighted by atomic mass is 10.1. The maximum atomic E-state index is 5.57. The van der Waals surface area contributed by atoms with Gasteiger partial charge in [0.1, 0.15) is 0 Å². The average Bonchev–Trinajstić information content (AvgIpc) is 3.47. The van der Waals surface area contributed by atoms with Crippen molar-refractivity contribution in [3.8, 4) is 11.3 Å². The zero-order valence-electron chi connectivity index (χ0n) is 17.4. The van der Waals surface area contributed by atoms with Crippen molar-refractivity contribution < 1.29 is 4.74 Å². The molecule has 6 rings (SSSR count). The van der Waals surface area contributed by atoms with E-state index in [1.165, 1.54) is 15.6 Å². The molecule has 0 amide bonds. The summed E-state index contributed by atoms with van der Waals surface area (Å²) in [5.74, 6) is 0.818. The molecule has 2 fully saturated rings. The molecule has 8 heteroatoms. The number of benzene rings is 1. The highest BCUT2D eigenvalue weighted by Gasteiger charge is 2.22. The topological polar surface area (TPSA) is 69.3 Å². The minimum Gasteiger partial charge on any atom is -0.378 e. The number of H-pyrrole nitrogens is 1. The number of nitrogens with zero attached hydrogens (tertiary/aromatic N) is 4. The Balaban J connectivity index is 1.50. The highest BCUT2D eigenvalue weighted by Crippen LogP contribution is 2.38. The third kappa shape index (κ3) is 3.59. The molecule has 7 nitrogen and oxygen atoms in total. The number of piperazine rings is 1. The number of aromatic nitrogens is 3. The van der Waals surface area contributed by atoms with Crippen molar-refractivity contribution in [1.29, 1.82) is 0 Å². The van der Waals surface area contributed by atoms with Crippen molar-refractivity contribution in [2.45, 2.75) is 6.54 Å². The van der Waals surface area contributed by atoms with Crippen LogP contribution in [0, 0.1) is 0 Å². The molecule has 0 unspecified atom stereocenters. The van der Waals surface area contributed by atoms with Crippen LogP contribution in [0.5, 0.6) is 0 Å². The van der Waals surface area contributed by atoms with Gasteiger partial charge in [0.05, 0.1) is 29.1 Å². The Hall–Kier alpha value is -2.52. The van der Waals surface area contributed by atoms with Crippen LogP contribution >= 0.6 is 11.3 Å². The highest BCUT2D eigenvalue weighted by atomic mass is 32.1. The van der Waals surface area contributed by atoms with Gasteiger partial charge in [0.25, 0.3) is 0 Å². The normalized spacial score (nSPS) is 18.3. The molecule has 0 spiro atoms. The molecule has 5 heterocycles. The number of rotatable bonds is 4. The fraction of sp³-hybridized carbons (Fsp3) is 0.391. The van der Waals surface area contributed by atoms with Gasteiger partial charge in [-0.1, -0.05) is 12.1 Å². The molecule has 0 radical (unpaired) electrons. The van der Waals surface area contributed by atoms with Crippen molar-refractivity contribution in [3.63, 3.8) is 0 Å². The number of hydrogen-bond donors (Lipinski definition) is 2. The number of ether oxygens (including phenoxy) is 1. The second kappa shape index (κ2) is 8.20. The summed E-state index contributed by atoms with van der Waals surface area (Å²) >= 11 is 1.77. The predicted molar refractivity (Wildman–Crippen MR) is 126 cm³/mol. The van der Waals surface area contributed by atoms with Crippen molar-refractivity contribution in [1.82, 2.24) is 25.2 Å². The molecule has 0 atom stereocenters. The van der Waals surface area contributed by atoms with E-state index in [0.717, 1.165) is 87.3 Å². The van der Waals surface area contributed by atoms with Gasteiger partial charge in [0.15, 0.2) is 0 Å². The number of anilines is 1. The van der Waals surface area contributed by atoms with E-state index < -0.39 is 0 Å². The lowest BCUT2D eigenvalue weighted by Crippen LogP contribution is -2.42. The van der Waals surface area contributed by atoms with Gasteiger partial charge >= 0.3 is 0 Å². The fourth-order valence-corrected chi connectivity index (χ4v) is 5.56. The molecule has 2 saturated heterocycles. The Kier molecular flexibility index (Phi) is 5.07. The Bertz CT molecular complexity index is 1210. The van der Waals surface area contributed by atoms with Crippen LogP contribution in [-0.4, -0.2) is 72.3 Å². The van der Waals surface area contributed by atoms with E-state index in [9.17, 15) is 0 Å². The summed E-state index contributed by atoms with van der Waals surface area (Å²) in [5.41, 5.74) is 5.74. The standard InChI is InChI=1S/C23H26N6OS/c1-2-18(17-4-5-25-19(17)3-1)21-22-20(26-23(27-21)29-10-12-30-13-11-29)16(15-31-22)14-28-8-6-24-7-9-28/h1-5,15,24-25H,6-14H2. The SMILES string of the molecule is c1cc(-c2nc(N3CCOCC3)nc3c(CN4CCNCC4)csc23)c2cc[nH]c2c1. The van der Waals surface area contributed by atoms with Gasteiger partial charge in [0, 0.05) is 74.0 Å². The molecule has 3 aromatic heterocycles. The van der Waals surface area contributed by atoms with Gasteiger partial charge in [-0.15, -0.1) is 11.3 Å². The Morgan fingerprint density at radius 2 is 1.90 bits per heavy atom. The highest BCUT2D eigenvalue weighted by molar-refractivity contribution is 7.17. The van der Waals surface area contributed by atoms with Crippen molar-refractivity contribution in [3.05, 3.63) is 41.4 Å². The second-order valence-corrected chi connectivity index (χ2v) is 9.06. The molecule has 0 bridgehead atoms. The Morgan fingerprint density at radius 1 is 1.03 bits per heavy atom. The van der Waals surface area contributed by atoms with Crippen LogP contribution < -0.4 is 10.2 Å². The fourth-order valence-electron chi connectivity index (χ4n) is 4.56. The zero-order chi connectivity index (χ0) is 20.6. The minimum absolute atomic E-state index is 0.724. The number of hydrogen-bond acceptors (Lipinski definition) is 7. The molecule has 1 aromatic carbocycles. The summed E-state index contributed by atoms with van der Waals surface area (Å²) in [7, 11) is 0. The van der Waals surface area contributed by atoms with Crippen molar-refractivity contribution >= 4 is 38.4 Å². The number of nitrogens with one attached hydrogen (secondary N) is 2. The smallest absolute Gasteiger partial charge is 0.226 e. The number of aromatic amines is 1. The summed E-state index contributed by atoms with van der Waals surface area (Å²) in [6.07, 6.45) is 2.00. The summed E-state index contributed by atoms with van der Waals surface area (Å²) in [5, 5.41) is 6.93. The molecule has 4 aromatic rings. The third-order valence-corrected chi connectivity index (χ3v) is 7.25. The molecule has 2 aliphatic rings. The van der Waals surface area contributed by atoms with Crippen LogP contribution in [0.4, 0.5) is 5.95 Å². The largest absolute Gasteiger partial charge is 0.378 e. The molecular formula is C23H26N6OS. The van der Waals surface area contributed by atoms with Crippen LogP contribution in [0.3, 0.4) is 0 Å². The monoisotopic (exact) mass is 434 g/mol. The lowest BCUT2D eigenvalue weighted by molar-refractivity contribution is 0.122. The molecule has 2 aliphatic heterocycles. The maximum Gasteiger partial charge on any atom is 0.226 e. The van der Waals surface area contributed by atoms with E-state index >= 15 is 0 Å². The van der Waals surface area contributed by atoms with Crippen molar-refractivity contribution in [2.24, 2.45) is 0 Å². The summed E-state index contributed by atoms with van der Waals surface area (Å²) in [6.45, 7) is 8.31. The zero-order valence-corrected chi connectivity index (χ0v) is 18.2. The molecule has 160 valence electrons. The van der Waals surface area contributed by atoms with Crippen LogP contribution in [0.1, 0.15) is 5.56 Å². The Labute approximate surface area is 185 Å². The van der Waals surface area contributed by atoms with Crippen LogP contribution in [0.15, 0.2) is 35.8 Å². The summed E-state index contributed by atoms with van der Waals surface area (Å²) in [6, 6.07) is 8.54. The quantitative estimate of drug-likeness (QED) is 0.515. The molecule has 31 heavy (non-hydrogen) atoms. The van der Waals surface area contributed by atoms with E-state index in [-0.39, 0.29) is 0 Å². The number of morpholine rings is 1. The summed E-state index contributed by atoms with van der Waals surface area (Å²) in [4.78, 5) is 18.3. The second-order valence-electron chi connectivity index (χ2n) is 8.18. The first-order chi connectivity index (χ1) is 15.4. The molecule has 0 saturated carbocycles. The van der Waals surface area contributed by atoms with Gasteiger partial charge in [0.2, 0.25) is 5.95 Å². The van der Waals surface area contributed by atoms with Crippen LogP contribution in [-0.2, 0) is 11.3 Å². The predicted octanol–water partition coefficient (Wildman–Crippen LogP) is 3.08. The van der Waals surface area contributed by atoms with Crippen LogP contribution in [0.25, 0.3) is 32.4 Å². The summed E-state index contributed by atoms with van der Waals surface area (Å²) < 4.78 is 6.74.